The molecule has 0 saturated heterocycles. The first-order valence-corrected chi connectivity index (χ1v) is 7.91. The van der Waals surface area contributed by atoms with Crippen LogP contribution in [0, 0.1) is 12.8 Å². The number of unbranched alkanes of at least 4 members (excludes halogenated alkanes) is 2. The number of para-hydroxylation sites is 1. The summed E-state index contributed by atoms with van der Waals surface area (Å²) in [5, 5.41) is 0. The van der Waals surface area contributed by atoms with Crippen molar-refractivity contribution in [2.24, 2.45) is 5.92 Å². The minimum Gasteiger partial charge on any atom is -0.465 e. The van der Waals surface area contributed by atoms with Crippen LogP contribution in [0.1, 0.15) is 51.5 Å². The van der Waals surface area contributed by atoms with Crippen LogP contribution in [0.3, 0.4) is 0 Å². The third kappa shape index (κ3) is 7.81. The van der Waals surface area contributed by atoms with E-state index in [1.165, 1.54) is 0 Å². The smallest absolute Gasteiger partial charge is 0.311 e. The molecule has 0 saturated carbocycles. The van der Waals surface area contributed by atoms with Gasteiger partial charge in [0.15, 0.2) is 0 Å². The lowest BCUT2D eigenvalue weighted by Gasteiger charge is -2.07. The average molecular weight is 306 g/mol. The molecule has 1 aromatic carbocycles. The van der Waals surface area contributed by atoms with E-state index in [9.17, 15) is 9.59 Å². The molecule has 0 spiro atoms. The summed E-state index contributed by atoms with van der Waals surface area (Å²) >= 11 is 0. The second-order valence-electron chi connectivity index (χ2n) is 5.88. The number of aryl methyl sites for hydroxylation is 1. The van der Waals surface area contributed by atoms with Gasteiger partial charge in [-0.25, -0.2) is 0 Å². The van der Waals surface area contributed by atoms with Gasteiger partial charge in [0.25, 0.3) is 0 Å². The minimum atomic E-state index is -0.225. The Morgan fingerprint density at radius 3 is 2.27 bits per heavy atom. The van der Waals surface area contributed by atoms with Gasteiger partial charge in [0.1, 0.15) is 5.75 Å². The molecule has 0 amide bonds. The Hall–Kier alpha value is -1.84. The number of hydrogen-bond donors (Lipinski definition) is 0. The Bertz CT molecular complexity index is 480. The highest BCUT2D eigenvalue weighted by Crippen LogP contribution is 2.17. The van der Waals surface area contributed by atoms with Crippen LogP contribution in [0.2, 0.25) is 0 Å². The van der Waals surface area contributed by atoms with Gasteiger partial charge < -0.3 is 9.47 Å². The average Bonchev–Trinajstić information content (AvgIpc) is 2.47. The van der Waals surface area contributed by atoms with Gasteiger partial charge in [0.2, 0.25) is 0 Å². The maximum absolute atomic E-state index is 11.7. The van der Waals surface area contributed by atoms with E-state index in [0.717, 1.165) is 24.8 Å². The summed E-state index contributed by atoms with van der Waals surface area (Å²) in [7, 11) is 0. The zero-order valence-corrected chi connectivity index (χ0v) is 13.8. The molecular formula is C18H26O4. The van der Waals surface area contributed by atoms with Crippen molar-refractivity contribution in [2.75, 3.05) is 6.61 Å². The van der Waals surface area contributed by atoms with E-state index in [4.69, 9.17) is 9.47 Å². The van der Waals surface area contributed by atoms with Crippen molar-refractivity contribution in [1.82, 2.24) is 0 Å². The van der Waals surface area contributed by atoms with Gasteiger partial charge in [-0.05, 0) is 37.3 Å². The van der Waals surface area contributed by atoms with Gasteiger partial charge in [0, 0.05) is 12.8 Å². The molecule has 0 aliphatic carbocycles. The second kappa shape index (κ2) is 9.98. The van der Waals surface area contributed by atoms with Crippen molar-refractivity contribution < 1.29 is 19.1 Å². The largest absolute Gasteiger partial charge is 0.465 e. The van der Waals surface area contributed by atoms with E-state index in [0.29, 0.717) is 31.1 Å². The summed E-state index contributed by atoms with van der Waals surface area (Å²) in [5.74, 6) is 0.595. The van der Waals surface area contributed by atoms with Crippen LogP contribution in [0.15, 0.2) is 24.3 Å². The summed E-state index contributed by atoms with van der Waals surface area (Å²) in [5.41, 5.74) is 0.948. The molecular weight excluding hydrogens is 280 g/mol. The van der Waals surface area contributed by atoms with Crippen molar-refractivity contribution in [3.8, 4) is 5.75 Å². The molecule has 1 rings (SSSR count). The topological polar surface area (TPSA) is 52.6 Å². The van der Waals surface area contributed by atoms with Crippen LogP contribution < -0.4 is 4.74 Å². The molecule has 122 valence electrons. The molecule has 1 aromatic rings. The van der Waals surface area contributed by atoms with Gasteiger partial charge in [-0.2, -0.15) is 0 Å². The lowest BCUT2D eigenvalue weighted by molar-refractivity contribution is -0.144. The summed E-state index contributed by atoms with van der Waals surface area (Å²) in [6, 6.07) is 7.45. The fourth-order valence-corrected chi connectivity index (χ4v) is 1.89. The first-order valence-electron chi connectivity index (χ1n) is 7.91. The van der Waals surface area contributed by atoms with E-state index in [1.54, 1.807) is 6.07 Å². The molecule has 0 aliphatic heterocycles. The molecule has 0 atom stereocenters. The van der Waals surface area contributed by atoms with E-state index in [-0.39, 0.29) is 11.9 Å². The highest BCUT2D eigenvalue weighted by atomic mass is 16.5. The van der Waals surface area contributed by atoms with Crippen molar-refractivity contribution in [3.63, 3.8) is 0 Å². The van der Waals surface area contributed by atoms with Gasteiger partial charge >= 0.3 is 11.9 Å². The lowest BCUT2D eigenvalue weighted by Crippen LogP contribution is -2.10. The predicted octanol–water partition coefficient (Wildman–Crippen LogP) is 4.05. The Labute approximate surface area is 132 Å². The van der Waals surface area contributed by atoms with Crippen LogP contribution in [-0.4, -0.2) is 18.5 Å². The molecule has 4 heteroatoms. The van der Waals surface area contributed by atoms with Crippen molar-refractivity contribution in [2.45, 2.75) is 52.9 Å². The summed E-state index contributed by atoms with van der Waals surface area (Å²) < 4.78 is 10.4. The first kappa shape index (κ1) is 18.2. The van der Waals surface area contributed by atoms with Gasteiger partial charge in [-0.1, -0.05) is 38.5 Å². The first-order chi connectivity index (χ1) is 10.5. The molecule has 0 aromatic heterocycles. The SMILES string of the molecule is Cc1ccccc1OC(=O)CCCCCC(=O)OCC(C)C. The van der Waals surface area contributed by atoms with E-state index < -0.39 is 0 Å². The summed E-state index contributed by atoms with van der Waals surface area (Å²) in [6.07, 6.45) is 3.07. The number of rotatable bonds is 9. The highest BCUT2D eigenvalue weighted by molar-refractivity contribution is 5.72. The normalized spacial score (nSPS) is 10.5. The van der Waals surface area contributed by atoms with E-state index in [1.807, 2.05) is 39.0 Å². The summed E-state index contributed by atoms with van der Waals surface area (Å²) in [4.78, 5) is 23.1. The van der Waals surface area contributed by atoms with Gasteiger partial charge in [-0.3, -0.25) is 9.59 Å². The maximum atomic E-state index is 11.7. The quantitative estimate of drug-likeness (QED) is 0.392. The Balaban J connectivity index is 2.11. The molecule has 22 heavy (non-hydrogen) atoms. The molecule has 0 N–H and O–H groups in total. The van der Waals surface area contributed by atoms with E-state index in [2.05, 4.69) is 0 Å². The molecule has 4 nitrogen and oxygen atoms in total. The van der Waals surface area contributed by atoms with E-state index >= 15 is 0 Å². The fourth-order valence-electron chi connectivity index (χ4n) is 1.89. The molecule has 0 unspecified atom stereocenters. The summed E-state index contributed by atoms with van der Waals surface area (Å²) in [6.45, 7) is 6.40. The molecule has 0 heterocycles. The van der Waals surface area contributed by atoms with Crippen LogP contribution in [0.25, 0.3) is 0 Å². The Kier molecular flexibility index (Phi) is 8.26. The number of hydrogen-bond acceptors (Lipinski definition) is 4. The number of carbonyl (C=O) groups is 2. The van der Waals surface area contributed by atoms with Crippen LogP contribution in [-0.2, 0) is 14.3 Å². The Morgan fingerprint density at radius 1 is 1.00 bits per heavy atom. The number of benzene rings is 1. The van der Waals surface area contributed by atoms with Crippen LogP contribution >= 0.6 is 0 Å². The van der Waals surface area contributed by atoms with Crippen LogP contribution in [0.5, 0.6) is 5.75 Å². The third-order valence-electron chi connectivity index (χ3n) is 3.16. The van der Waals surface area contributed by atoms with Gasteiger partial charge in [0.05, 0.1) is 6.61 Å². The standard InChI is InChI=1S/C18H26O4/c1-14(2)13-21-17(19)11-5-4-6-12-18(20)22-16-10-8-7-9-15(16)3/h7-10,14H,4-6,11-13H2,1-3H3. The fraction of sp³-hybridized carbons (Fsp3) is 0.556. The van der Waals surface area contributed by atoms with Crippen molar-refractivity contribution >= 4 is 11.9 Å². The third-order valence-corrected chi connectivity index (χ3v) is 3.16. The molecule has 0 fully saturated rings. The number of ether oxygens (including phenoxy) is 2. The number of esters is 2. The Morgan fingerprint density at radius 2 is 1.64 bits per heavy atom. The molecule has 0 aliphatic rings. The minimum absolute atomic E-state index is 0.156. The van der Waals surface area contributed by atoms with Crippen molar-refractivity contribution in [1.29, 1.82) is 0 Å². The molecule has 0 radical (unpaired) electrons. The number of carbonyl (C=O) groups excluding carboxylic acids is 2. The zero-order valence-electron chi connectivity index (χ0n) is 13.8. The second-order valence-corrected chi connectivity index (χ2v) is 5.88. The highest BCUT2D eigenvalue weighted by Gasteiger charge is 2.08. The lowest BCUT2D eigenvalue weighted by atomic mass is 10.1. The van der Waals surface area contributed by atoms with Crippen LogP contribution in [0.4, 0.5) is 0 Å². The predicted molar refractivity (Wildman–Crippen MR) is 85.7 cm³/mol. The monoisotopic (exact) mass is 306 g/mol. The van der Waals surface area contributed by atoms with Crippen molar-refractivity contribution in [3.05, 3.63) is 29.8 Å². The molecule has 0 bridgehead atoms. The zero-order chi connectivity index (χ0) is 16.4. The maximum Gasteiger partial charge on any atom is 0.311 e. The van der Waals surface area contributed by atoms with Gasteiger partial charge in [-0.15, -0.1) is 0 Å².